The molecule has 0 saturated heterocycles. The number of rotatable bonds is 4. The van der Waals surface area contributed by atoms with Crippen LogP contribution in [0.3, 0.4) is 0 Å². The zero-order valence-corrected chi connectivity index (χ0v) is 10.7. The zero-order chi connectivity index (χ0) is 12.6. The van der Waals surface area contributed by atoms with E-state index in [1.165, 1.54) is 23.5 Å². The summed E-state index contributed by atoms with van der Waals surface area (Å²) in [5, 5.41) is 0. The quantitative estimate of drug-likeness (QED) is 0.818. The molecule has 0 unspecified atom stereocenters. The molecule has 0 atom stereocenters. The number of anilines is 1. The standard InChI is InChI=1S/C11H16N2O3S/c1-13(8-3-4-8)17(14,15)9-5-6-11(16-2)10(12)7-9/h5-8H,3-4,12H2,1-2H3. The maximum atomic E-state index is 12.2. The first kappa shape index (κ1) is 12.2. The fourth-order valence-electron chi connectivity index (χ4n) is 1.67. The highest BCUT2D eigenvalue weighted by Gasteiger charge is 2.35. The lowest BCUT2D eigenvalue weighted by Crippen LogP contribution is -2.28. The monoisotopic (exact) mass is 256 g/mol. The Morgan fingerprint density at radius 1 is 1.41 bits per heavy atom. The van der Waals surface area contributed by atoms with Gasteiger partial charge in [-0.1, -0.05) is 0 Å². The summed E-state index contributed by atoms with van der Waals surface area (Å²) in [5.41, 5.74) is 6.04. The molecule has 6 heteroatoms. The second kappa shape index (κ2) is 4.19. The van der Waals surface area contributed by atoms with Gasteiger partial charge in [0.2, 0.25) is 10.0 Å². The fraction of sp³-hybridized carbons (Fsp3) is 0.455. The lowest BCUT2D eigenvalue weighted by Gasteiger charge is -2.17. The Morgan fingerprint density at radius 3 is 2.53 bits per heavy atom. The second-order valence-corrected chi connectivity index (χ2v) is 6.15. The van der Waals surface area contributed by atoms with Gasteiger partial charge in [-0.3, -0.25) is 0 Å². The maximum Gasteiger partial charge on any atom is 0.243 e. The summed E-state index contributed by atoms with van der Waals surface area (Å²) >= 11 is 0. The third-order valence-electron chi connectivity index (χ3n) is 2.94. The lowest BCUT2D eigenvalue weighted by atomic mass is 10.3. The molecule has 1 aliphatic carbocycles. The second-order valence-electron chi connectivity index (χ2n) is 4.16. The van der Waals surface area contributed by atoms with Gasteiger partial charge >= 0.3 is 0 Å². The molecule has 2 rings (SSSR count). The number of methoxy groups -OCH3 is 1. The molecule has 2 N–H and O–H groups in total. The number of hydrogen-bond acceptors (Lipinski definition) is 4. The Morgan fingerprint density at radius 2 is 2.06 bits per heavy atom. The average molecular weight is 256 g/mol. The minimum Gasteiger partial charge on any atom is -0.495 e. The summed E-state index contributed by atoms with van der Waals surface area (Å²) < 4.78 is 30.8. The zero-order valence-electron chi connectivity index (χ0n) is 9.88. The Balaban J connectivity index is 2.36. The van der Waals surface area contributed by atoms with Crippen LogP contribution in [-0.4, -0.2) is 32.9 Å². The van der Waals surface area contributed by atoms with E-state index in [0.717, 1.165) is 12.8 Å². The predicted molar refractivity (Wildman–Crippen MR) is 65.4 cm³/mol. The topological polar surface area (TPSA) is 72.6 Å². The summed E-state index contributed by atoms with van der Waals surface area (Å²) in [6.07, 6.45) is 1.86. The van der Waals surface area contributed by atoms with Crippen LogP contribution in [0.2, 0.25) is 0 Å². The van der Waals surface area contributed by atoms with E-state index in [1.54, 1.807) is 13.1 Å². The van der Waals surface area contributed by atoms with Crippen molar-refractivity contribution in [3.63, 3.8) is 0 Å². The molecule has 0 aliphatic heterocycles. The van der Waals surface area contributed by atoms with E-state index in [0.29, 0.717) is 11.4 Å². The van der Waals surface area contributed by atoms with Crippen molar-refractivity contribution < 1.29 is 13.2 Å². The molecule has 0 heterocycles. The van der Waals surface area contributed by atoms with E-state index in [4.69, 9.17) is 10.5 Å². The molecule has 1 aliphatic rings. The Bertz CT molecular complexity index is 524. The number of benzene rings is 1. The van der Waals surface area contributed by atoms with Gasteiger partial charge in [-0.25, -0.2) is 8.42 Å². The SMILES string of the molecule is COc1ccc(S(=O)(=O)N(C)C2CC2)cc1N. The Labute approximate surface area is 101 Å². The third kappa shape index (κ3) is 2.23. The summed E-state index contributed by atoms with van der Waals surface area (Å²) in [7, 11) is -0.325. The number of ether oxygens (including phenoxy) is 1. The first-order valence-corrected chi connectivity index (χ1v) is 6.82. The number of nitrogen functional groups attached to an aromatic ring is 1. The first-order valence-electron chi connectivity index (χ1n) is 5.38. The molecule has 0 amide bonds. The van der Waals surface area contributed by atoms with Crippen LogP contribution in [0.4, 0.5) is 5.69 Å². The molecule has 94 valence electrons. The van der Waals surface area contributed by atoms with E-state index in [-0.39, 0.29) is 10.9 Å². The van der Waals surface area contributed by atoms with Crippen LogP contribution in [-0.2, 0) is 10.0 Å². The van der Waals surface area contributed by atoms with E-state index in [2.05, 4.69) is 0 Å². The van der Waals surface area contributed by atoms with E-state index in [9.17, 15) is 8.42 Å². The molecule has 1 aromatic carbocycles. The van der Waals surface area contributed by atoms with Crippen molar-refractivity contribution in [3.8, 4) is 5.75 Å². The number of nitrogens with zero attached hydrogens (tertiary/aromatic N) is 1. The minimum absolute atomic E-state index is 0.142. The summed E-state index contributed by atoms with van der Waals surface area (Å²) in [6.45, 7) is 0. The molecule has 0 radical (unpaired) electrons. The van der Waals surface area contributed by atoms with Crippen molar-refractivity contribution in [3.05, 3.63) is 18.2 Å². The Kier molecular flexibility index (Phi) is 3.01. The molecule has 0 aromatic heterocycles. The smallest absolute Gasteiger partial charge is 0.243 e. The maximum absolute atomic E-state index is 12.2. The molecule has 1 saturated carbocycles. The van der Waals surface area contributed by atoms with Gasteiger partial charge in [0, 0.05) is 13.1 Å². The van der Waals surface area contributed by atoms with Crippen LogP contribution in [0.25, 0.3) is 0 Å². The molecule has 1 aromatic rings. The van der Waals surface area contributed by atoms with Gasteiger partial charge in [-0.15, -0.1) is 0 Å². The van der Waals surface area contributed by atoms with Crippen LogP contribution in [0.15, 0.2) is 23.1 Å². The van der Waals surface area contributed by atoms with Crippen molar-refractivity contribution in [2.45, 2.75) is 23.8 Å². The molecule has 1 fully saturated rings. The number of hydrogen-bond donors (Lipinski definition) is 1. The third-order valence-corrected chi connectivity index (χ3v) is 4.85. The highest BCUT2D eigenvalue weighted by atomic mass is 32.2. The largest absolute Gasteiger partial charge is 0.495 e. The van der Waals surface area contributed by atoms with E-state index in [1.807, 2.05) is 0 Å². The summed E-state index contributed by atoms with van der Waals surface area (Å²) in [6, 6.07) is 4.67. The van der Waals surface area contributed by atoms with E-state index < -0.39 is 10.0 Å². The summed E-state index contributed by atoms with van der Waals surface area (Å²) in [5.74, 6) is 0.484. The van der Waals surface area contributed by atoms with Crippen molar-refractivity contribution >= 4 is 15.7 Å². The van der Waals surface area contributed by atoms with Gasteiger partial charge in [0.25, 0.3) is 0 Å². The van der Waals surface area contributed by atoms with Crippen molar-refractivity contribution in [1.29, 1.82) is 0 Å². The average Bonchev–Trinajstić information content (AvgIpc) is 3.11. The van der Waals surface area contributed by atoms with Gasteiger partial charge in [0.15, 0.2) is 0 Å². The number of sulfonamides is 1. The fourth-order valence-corrected chi connectivity index (χ4v) is 3.13. The Hall–Kier alpha value is -1.27. The molecular weight excluding hydrogens is 240 g/mol. The van der Waals surface area contributed by atoms with Crippen LogP contribution in [0, 0.1) is 0 Å². The van der Waals surface area contributed by atoms with Gasteiger partial charge in [-0.2, -0.15) is 4.31 Å². The summed E-state index contributed by atoms with van der Waals surface area (Å²) in [4.78, 5) is 0.213. The predicted octanol–water partition coefficient (Wildman–Crippen LogP) is 1.06. The molecule has 0 bridgehead atoms. The van der Waals surface area contributed by atoms with Crippen molar-refractivity contribution in [2.24, 2.45) is 0 Å². The highest BCUT2D eigenvalue weighted by molar-refractivity contribution is 7.89. The van der Waals surface area contributed by atoms with Crippen LogP contribution in [0.1, 0.15) is 12.8 Å². The first-order chi connectivity index (χ1) is 7.96. The van der Waals surface area contributed by atoms with Gasteiger partial charge in [-0.05, 0) is 31.0 Å². The van der Waals surface area contributed by atoms with Crippen molar-refractivity contribution in [1.82, 2.24) is 4.31 Å². The number of nitrogens with two attached hydrogens (primary N) is 1. The normalized spacial score (nSPS) is 16.2. The molecule has 0 spiro atoms. The van der Waals surface area contributed by atoms with Crippen LogP contribution < -0.4 is 10.5 Å². The van der Waals surface area contributed by atoms with E-state index >= 15 is 0 Å². The van der Waals surface area contributed by atoms with Crippen molar-refractivity contribution in [2.75, 3.05) is 19.9 Å². The molecular formula is C11H16N2O3S. The van der Waals surface area contributed by atoms with Crippen LogP contribution >= 0.6 is 0 Å². The van der Waals surface area contributed by atoms with Gasteiger partial charge in [0.05, 0.1) is 17.7 Å². The lowest BCUT2D eigenvalue weighted by molar-refractivity contribution is 0.416. The molecule has 17 heavy (non-hydrogen) atoms. The van der Waals surface area contributed by atoms with Crippen LogP contribution in [0.5, 0.6) is 5.75 Å². The minimum atomic E-state index is -3.43. The van der Waals surface area contributed by atoms with Gasteiger partial charge in [0.1, 0.15) is 5.75 Å². The van der Waals surface area contributed by atoms with Gasteiger partial charge < -0.3 is 10.5 Å². The highest BCUT2D eigenvalue weighted by Crippen LogP contribution is 2.32. The molecule has 5 nitrogen and oxygen atoms in total.